The van der Waals surface area contributed by atoms with Gasteiger partial charge >= 0.3 is 0 Å². The lowest BCUT2D eigenvalue weighted by molar-refractivity contribution is 0.662. The minimum absolute atomic E-state index is 0.194. The molecule has 10 rings (SSSR count). The average molecular weight is 626 g/mol. The minimum atomic E-state index is -0.194. The van der Waals surface area contributed by atoms with Crippen LogP contribution < -0.4 is 0 Å². The van der Waals surface area contributed by atoms with Crippen LogP contribution >= 0.6 is 0 Å². The van der Waals surface area contributed by atoms with Gasteiger partial charge in [0.1, 0.15) is 0 Å². The molecule has 0 radical (unpaired) electrons. The van der Waals surface area contributed by atoms with Gasteiger partial charge in [-0.2, -0.15) is 0 Å². The molecular weight excluding hydrogens is 595 g/mol. The second-order valence-electron chi connectivity index (χ2n) is 13.6. The summed E-state index contributed by atoms with van der Waals surface area (Å²) in [4.78, 5) is 15.1. The van der Waals surface area contributed by atoms with E-state index >= 15 is 0 Å². The Hall–Kier alpha value is -6.19. The Bertz CT molecular complexity index is 2790. The van der Waals surface area contributed by atoms with Crippen molar-refractivity contribution in [3.63, 3.8) is 0 Å². The van der Waals surface area contributed by atoms with Crippen molar-refractivity contribution >= 4 is 43.5 Å². The molecule has 3 nitrogen and oxygen atoms in total. The lowest BCUT2D eigenvalue weighted by Crippen LogP contribution is -2.16. The minimum Gasteiger partial charge on any atom is -0.254 e. The third-order valence-corrected chi connectivity index (χ3v) is 10.5. The molecule has 0 unspecified atom stereocenters. The average Bonchev–Trinajstić information content (AvgIpc) is 3.39. The molecule has 0 fully saturated rings. The van der Waals surface area contributed by atoms with Crippen molar-refractivity contribution in [3.8, 4) is 44.8 Å². The van der Waals surface area contributed by atoms with Crippen LogP contribution in [0.15, 0.2) is 152 Å². The van der Waals surface area contributed by atoms with Crippen LogP contribution in [0.3, 0.4) is 0 Å². The zero-order valence-corrected chi connectivity index (χ0v) is 27.3. The molecule has 230 valence electrons. The number of aromatic nitrogens is 3. The molecule has 0 atom stereocenters. The molecular formula is C46H31N3. The zero-order valence-electron chi connectivity index (χ0n) is 27.3. The Kier molecular flexibility index (Phi) is 5.92. The molecule has 0 saturated carbocycles. The highest BCUT2D eigenvalue weighted by atomic mass is 14.8. The zero-order chi connectivity index (χ0) is 32.7. The lowest BCUT2D eigenvalue weighted by atomic mass is 9.78. The predicted molar refractivity (Wildman–Crippen MR) is 204 cm³/mol. The Labute approximate surface area is 284 Å². The van der Waals surface area contributed by atoms with Gasteiger partial charge in [0.25, 0.3) is 0 Å². The molecule has 0 aliphatic heterocycles. The summed E-state index contributed by atoms with van der Waals surface area (Å²) in [6, 6.07) is 52.2. The molecule has 3 heterocycles. The molecule has 3 aromatic heterocycles. The van der Waals surface area contributed by atoms with Crippen LogP contribution in [0.1, 0.15) is 25.0 Å². The molecule has 0 saturated heterocycles. The van der Waals surface area contributed by atoms with E-state index in [1.54, 1.807) is 0 Å². The van der Waals surface area contributed by atoms with Crippen molar-refractivity contribution < 1.29 is 0 Å². The van der Waals surface area contributed by atoms with E-state index in [2.05, 4.69) is 158 Å². The Morgan fingerprint density at radius 3 is 2.12 bits per heavy atom. The van der Waals surface area contributed by atoms with Crippen molar-refractivity contribution in [2.75, 3.05) is 0 Å². The monoisotopic (exact) mass is 625 g/mol. The third kappa shape index (κ3) is 4.19. The van der Waals surface area contributed by atoms with E-state index in [1.807, 2.05) is 12.3 Å². The van der Waals surface area contributed by atoms with Crippen LogP contribution in [-0.4, -0.2) is 15.0 Å². The molecule has 1 aliphatic carbocycles. The summed E-state index contributed by atoms with van der Waals surface area (Å²) < 4.78 is 0. The lowest BCUT2D eigenvalue weighted by Gasteiger charge is -2.25. The fourth-order valence-electron chi connectivity index (χ4n) is 8.07. The number of pyridine rings is 3. The maximum absolute atomic E-state index is 5.36. The van der Waals surface area contributed by atoms with Gasteiger partial charge in [-0.05, 0) is 68.4 Å². The van der Waals surface area contributed by atoms with Crippen molar-refractivity contribution in [2.24, 2.45) is 0 Å². The normalized spacial score (nSPS) is 13.3. The molecule has 0 spiro atoms. The molecule has 9 aromatic rings. The number of hydrogen-bond donors (Lipinski definition) is 0. The smallest absolute Gasteiger partial charge is 0.0972 e. The van der Waals surface area contributed by atoms with Crippen molar-refractivity contribution in [1.82, 2.24) is 15.0 Å². The topological polar surface area (TPSA) is 38.7 Å². The molecule has 0 amide bonds. The van der Waals surface area contributed by atoms with E-state index in [1.165, 1.54) is 49.5 Å². The SMILES string of the molecule is CC1(C)c2ccccc2-c2nc3ccc4ccccc4c3c(-c3ccc(-c4cccc(-c5ccc6ccc7cccnc7c6n5)c4)cc3)c21. The predicted octanol–water partition coefficient (Wildman–Crippen LogP) is 11.8. The molecule has 0 bridgehead atoms. The summed E-state index contributed by atoms with van der Waals surface area (Å²) in [5.41, 5.74) is 14.5. The summed E-state index contributed by atoms with van der Waals surface area (Å²) in [6.07, 6.45) is 1.84. The van der Waals surface area contributed by atoms with E-state index in [0.717, 1.165) is 49.8 Å². The van der Waals surface area contributed by atoms with Crippen LogP contribution in [0.4, 0.5) is 0 Å². The van der Waals surface area contributed by atoms with Gasteiger partial charge in [0.15, 0.2) is 0 Å². The first-order valence-corrected chi connectivity index (χ1v) is 16.9. The van der Waals surface area contributed by atoms with Crippen LogP contribution in [0.5, 0.6) is 0 Å². The second kappa shape index (κ2) is 10.4. The molecule has 3 heteroatoms. The van der Waals surface area contributed by atoms with Gasteiger partial charge in [-0.25, -0.2) is 9.97 Å². The number of fused-ring (bicyclic) bond motifs is 9. The fourth-order valence-corrected chi connectivity index (χ4v) is 8.07. The van der Waals surface area contributed by atoms with Crippen molar-refractivity contribution in [1.29, 1.82) is 0 Å². The Balaban J connectivity index is 1.12. The summed E-state index contributed by atoms with van der Waals surface area (Å²) in [7, 11) is 0. The van der Waals surface area contributed by atoms with Gasteiger partial charge in [-0.1, -0.05) is 135 Å². The highest BCUT2D eigenvalue weighted by Crippen LogP contribution is 2.54. The first-order valence-electron chi connectivity index (χ1n) is 16.9. The molecule has 0 N–H and O–H groups in total. The first kappa shape index (κ1) is 27.9. The molecule has 6 aromatic carbocycles. The van der Waals surface area contributed by atoms with Gasteiger partial charge in [0.05, 0.1) is 27.9 Å². The Morgan fingerprint density at radius 2 is 1.22 bits per heavy atom. The quantitative estimate of drug-likeness (QED) is 0.183. The van der Waals surface area contributed by atoms with Gasteiger partial charge in [0, 0.05) is 38.9 Å². The van der Waals surface area contributed by atoms with E-state index in [0.29, 0.717) is 0 Å². The largest absolute Gasteiger partial charge is 0.254 e. The Morgan fingerprint density at radius 1 is 0.510 bits per heavy atom. The molecule has 49 heavy (non-hydrogen) atoms. The van der Waals surface area contributed by atoms with Crippen LogP contribution in [0.2, 0.25) is 0 Å². The van der Waals surface area contributed by atoms with Crippen LogP contribution in [-0.2, 0) is 5.41 Å². The highest BCUT2D eigenvalue weighted by Gasteiger charge is 2.39. The maximum atomic E-state index is 5.36. The standard InChI is InChI=1S/C46H31N3/c1-46(2)37-15-6-5-14-36(37)45-42(46)40(41-35-13-4-3-9-29(35)22-25-39(41)49-45)30-18-16-28(17-19-30)33-10-7-11-34(27-33)38-24-23-32-21-20-31-12-8-26-47-43(31)44(32)48-38/h3-27H,1-2H3. The van der Waals surface area contributed by atoms with Crippen molar-refractivity contribution in [3.05, 3.63) is 163 Å². The van der Waals surface area contributed by atoms with E-state index < -0.39 is 0 Å². The number of benzene rings is 6. The van der Waals surface area contributed by atoms with Gasteiger partial charge < -0.3 is 0 Å². The van der Waals surface area contributed by atoms with Gasteiger partial charge in [-0.15, -0.1) is 0 Å². The third-order valence-electron chi connectivity index (χ3n) is 10.5. The summed E-state index contributed by atoms with van der Waals surface area (Å²) >= 11 is 0. The van der Waals surface area contributed by atoms with E-state index in [9.17, 15) is 0 Å². The number of hydrogen-bond acceptors (Lipinski definition) is 3. The summed E-state index contributed by atoms with van der Waals surface area (Å²) in [6.45, 7) is 4.69. The summed E-state index contributed by atoms with van der Waals surface area (Å²) in [5, 5.41) is 5.87. The van der Waals surface area contributed by atoms with Crippen molar-refractivity contribution in [2.45, 2.75) is 19.3 Å². The second-order valence-corrected chi connectivity index (χ2v) is 13.6. The fraction of sp³-hybridized carbons (Fsp3) is 0.0652. The number of nitrogens with zero attached hydrogens (tertiary/aromatic N) is 3. The van der Waals surface area contributed by atoms with Gasteiger partial charge in [0.2, 0.25) is 0 Å². The van der Waals surface area contributed by atoms with E-state index in [-0.39, 0.29) is 5.41 Å². The van der Waals surface area contributed by atoms with Gasteiger partial charge in [-0.3, -0.25) is 4.98 Å². The first-order chi connectivity index (χ1) is 24.0. The maximum Gasteiger partial charge on any atom is 0.0972 e. The van der Waals surface area contributed by atoms with Crippen LogP contribution in [0.25, 0.3) is 88.2 Å². The van der Waals surface area contributed by atoms with E-state index in [4.69, 9.17) is 9.97 Å². The van der Waals surface area contributed by atoms with Crippen LogP contribution in [0, 0.1) is 0 Å². The highest BCUT2D eigenvalue weighted by molar-refractivity contribution is 6.16. The summed E-state index contributed by atoms with van der Waals surface area (Å²) in [5.74, 6) is 0. The molecule has 1 aliphatic rings. The number of rotatable bonds is 3.